The maximum absolute atomic E-state index is 13.2. The van der Waals surface area contributed by atoms with Crippen LogP contribution in [0, 0.1) is 33.5 Å². The van der Waals surface area contributed by atoms with E-state index < -0.39 is 0 Å². The predicted octanol–water partition coefficient (Wildman–Crippen LogP) is 3.81. The van der Waals surface area contributed by atoms with E-state index in [1.54, 1.807) is 18.5 Å². The molecule has 142 valence electrons. The van der Waals surface area contributed by atoms with Crippen molar-refractivity contribution in [1.29, 1.82) is 0 Å². The standard InChI is InChI=1S/C21H21FN6/c1-13-9-14(2)27(25-13)21-11-18(23-12-24-21)10-20-15(3)26-28(16(20)4)19-7-5-17(22)6-8-19/h5-9,11-12H,10H2,1-4H3. The van der Waals surface area contributed by atoms with E-state index in [9.17, 15) is 4.39 Å². The Labute approximate surface area is 162 Å². The summed E-state index contributed by atoms with van der Waals surface area (Å²) in [6, 6.07) is 10.3. The second-order valence-electron chi connectivity index (χ2n) is 6.92. The Morgan fingerprint density at radius 2 is 1.64 bits per heavy atom. The van der Waals surface area contributed by atoms with Crippen molar-refractivity contribution < 1.29 is 4.39 Å². The minimum absolute atomic E-state index is 0.261. The molecule has 0 radical (unpaired) electrons. The molecule has 0 atom stereocenters. The van der Waals surface area contributed by atoms with E-state index in [2.05, 4.69) is 20.2 Å². The summed E-state index contributed by atoms with van der Waals surface area (Å²) in [6.07, 6.45) is 2.20. The molecule has 28 heavy (non-hydrogen) atoms. The summed E-state index contributed by atoms with van der Waals surface area (Å²) in [6.45, 7) is 7.96. The first kappa shape index (κ1) is 18.0. The summed E-state index contributed by atoms with van der Waals surface area (Å²) in [5.74, 6) is 0.486. The van der Waals surface area contributed by atoms with E-state index in [1.165, 1.54) is 12.1 Å². The molecule has 0 amide bonds. The molecule has 1 aromatic carbocycles. The van der Waals surface area contributed by atoms with Crippen LogP contribution in [0.15, 0.2) is 42.7 Å². The number of aromatic nitrogens is 6. The van der Waals surface area contributed by atoms with Crippen molar-refractivity contribution in [3.05, 3.63) is 82.6 Å². The molecule has 0 aliphatic carbocycles. The van der Waals surface area contributed by atoms with Gasteiger partial charge in [-0.15, -0.1) is 0 Å². The van der Waals surface area contributed by atoms with Crippen molar-refractivity contribution in [3.63, 3.8) is 0 Å². The highest BCUT2D eigenvalue weighted by molar-refractivity contribution is 5.39. The molecule has 0 saturated carbocycles. The lowest BCUT2D eigenvalue weighted by Crippen LogP contribution is -2.05. The molecule has 6 nitrogen and oxygen atoms in total. The molecule has 0 N–H and O–H groups in total. The molecule has 0 fully saturated rings. The van der Waals surface area contributed by atoms with Crippen LogP contribution in [0.4, 0.5) is 4.39 Å². The van der Waals surface area contributed by atoms with Crippen molar-refractivity contribution in [2.75, 3.05) is 0 Å². The number of rotatable bonds is 4. The largest absolute Gasteiger partial charge is 0.241 e. The second-order valence-corrected chi connectivity index (χ2v) is 6.92. The van der Waals surface area contributed by atoms with E-state index in [0.717, 1.165) is 45.5 Å². The zero-order valence-electron chi connectivity index (χ0n) is 16.3. The van der Waals surface area contributed by atoms with Gasteiger partial charge in [-0.3, -0.25) is 0 Å². The van der Waals surface area contributed by atoms with Gasteiger partial charge in [-0.2, -0.15) is 10.2 Å². The summed E-state index contributed by atoms with van der Waals surface area (Å²) in [5, 5.41) is 9.13. The molecule has 0 saturated heterocycles. The van der Waals surface area contributed by atoms with Gasteiger partial charge in [0.05, 0.1) is 22.8 Å². The van der Waals surface area contributed by atoms with Crippen molar-refractivity contribution in [2.24, 2.45) is 0 Å². The molecule has 0 aliphatic heterocycles. The van der Waals surface area contributed by atoms with Crippen molar-refractivity contribution in [1.82, 2.24) is 29.5 Å². The van der Waals surface area contributed by atoms with Crippen LogP contribution in [0.1, 0.15) is 34.0 Å². The summed E-state index contributed by atoms with van der Waals surface area (Å²) in [5.41, 5.74) is 6.73. The first-order valence-corrected chi connectivity index (χ1v) is 9.08. The zero-order chi connectivity index (χ0) is 19.8. The van der Waals surface area contributed by atoms with E-state index in [4.69, 9.17) is 0 Å². The van der Waals surface area contributed by atoms with Gasteiger partial charge in [0.2, 0.25) is 0 Å². The van der Waals surface area contributed by atoms with Crippen LogP contribution in [-0.2, 0) is 6.42 Å². The van der Waals surface area contributed by atoms with Crippen molar-refractivity contribution in [2.45, 2.75) is 34.1 Å². The normalized spacial score (nSPS) is 11.2. The smallest absolute Gasteiger partial charge is 0.157 e. The fraction of sp³-hybridized carbons (Fsp3) is 0.238. The van der Waals surface area contributed by atoms with Gasteiger partial charge in [0, 0.05) is 29.4 Å². The number of benzene rings is 1. The monoisotopic (exact) mass is 376 g/mol. The summed E-state index contributed by atoms with van der Waals surface area (Å²) < 4.78 is 16.9. The predicted molar refractivity (Wildman–Crippen MR) is 104 cm³/mol. The summed E-state index contributed by atoms with van der Waals surface area (Å²) in [7, 11) is 0. The van der Waals surface area contributed by atoms with Crippen LogP contribution in [-0.4, -0.2) is 29.5 Å². The lowest BCUT2D eigenvalue weighted by Gasteiger charge is -2.07. The zero-order valence-corrected chi connectivity index (χ0v) is 16.3. The van der Waals surface area contributed by atoms with E-state index in [1.807, 2.05) is 49.2 Å². The maximum atomic E-state index is 13.2. The number of hydrogen-bond acceptors (Lipinski definition) is 4. The van der Waals surface area contributed by atoms with Gasteiger partial charge in [0.25, 0.3) is 0 Å². The molecular formula is C21H21FN6. The highest BCUT2D eigenvalue weighted by Crippen LogP contribution is 2.21. The highest BCUT2D eigenvalue weighted by atomic mass is 19.1. The van der Waals surface area contributed by atoms with Gasteiger partial charge < -0.3 is 0 Å². The van der Waals surface area contributed by atoms with Crippen LogP contribution in [0.5, 0.6) is 0 Å². The molecule has 0 bridgehead atoms. The Morgan fingerprint density at radius 1 is 0.893 bits per heavy atom. The Bertz CT molecular complexity index is 1140. The average molecular weight is 376 g/mol. The Morgan fingerprint density at radius 3 is 2.32 bits per heavy atom. The summed E-state index contributed by atoms with van der Waals surface area (Å²) in [4.78, 5) is 8.80. The van der Waals surface area contributed by atoms with Gasteiger partial charge in [-0.05, 0) is 58.0 Å². The minimum atomic E-state index is -0.261. The summed E-state index contributed by atoms with van der Waals surface area (Å²) >= 11 is 0. The maximum Gasteiger partial charge on any atom is 0.157 e. The lowest BCUT2D eigenvalue weighted by molar-refractivity contribution is 0.627. The van der Waals surface area contributed by atoms with Gasteiger partial charge in [0.15, 0.2) is 5.82 Å². The molecule has 0 spiro atoms. The molecular weight excluding hydrogens is 355 g/mol. The first-order chi connectivity index (χ1) is 13.4. The number of hydrogen-bond donors (Lipinski definition) is 0. The Balaban J connectivity index is 1.67. The third-order valence-electron chi connectivity index (χ3n) is 4.81. The minimum Gasteiger partial charge on any atom is -0.241 e. The molecule has 4 rings (SSSR count). The SMILES string of the molecule is Cc1cc(C)n(-c2cc(Cc3c(C)nn(-c4ccc(F)cc4)c3C)ncn2)n1. The van der Waals surface area contributed by atoms with Crippen LogP contribution >= 0.6 is 0 Å². The van der Waals surface area contributed by atoms with Crippen LogP contribution < -0.4 is 0 Å². The van der Waals surface area contributed by atoms with Gasteiger partial charge in [-0.1, -0.05) is 0 Å². The first-order valence-electron chi connectivity index (χ1n) is 9.08. The second kappa shape index (κ2) is 6.99. The van der Waals surface area contributed by atoms with Gasteiger partial charge in [0.1, 0.15) is 12.1 Å². The quantitative estimate of drug-likeness (QED) is 0.543. The van der Waals surface area contributed by atoms with E-state index >= 15 is 0 Å². The third kappa shape index (κ3) is 3.31. The topological polar surface area (TPSA) is 61.4 Å². The fourth-order valence-electron chi connectivity index (χ4n) is 3.40. The lowest BCUT2D eigenvalue weighted by atomic mass is 10.1. The molecule has 0 unspecified atom stereocenters. The van der Waals surface area contributed by atoms with Crippen LogP contribution in [0.2, 0.25) is 0 Å². The van der Waals surface area contributed by atoms with Crippen LogP contribution in [0.3, 0.4) is 0 Å². The molecule has 7 heteroatoms. The van der Waals surface area contributed by atoms with Gasteiger partial charge in [-0.25, -0.2) is 23.7 Å². The van der Waals surface area contributed by atoms with Gasteiger partial charge >= 0.3 is 0 Å². The average Bonchev–Trinajstić information content (AvgIpc) is 3.15. The number of aryl methyl sites for hydroxylation is 3. The van der Waals surface area contributed by atoms with E-state index in [-0.39, 0.29) is 5.82 Å². The Kier molecular flexibility index (Phi) is 4.50. The number of nitrogens with zero attached hydrogens (tertiary/aromatic N) is 6. The molecule has 3 aromatic heterocycles. The third-order valence-corrected chi connectivity index (χ3v) is 4.81. The fourth-order valence-corrected chi connectivity index (χ4v) is 3.40. The molecule has 3 heterocycles. The van der Waals surface area contributed by atoms with Crippen LogP contribution in [0.25, 0.3) is 11.5 Å². The number of halogens is 1. The van der Waals surface area contributed by atoms with E-state index in [0.29, 0.717) is 6.42 Å². The van der Waals surface area contributed by atoms with Crippen molar-refractivity contribution >= 4 is 0 Å². The highest BCUT2D eigenvalue weighted by Gasteiger charge is 2.15. The van der Waals surface area contributed by atoms with Crippen molar-refractivity contribution in [3.8, 4) is 11.5 Å². The Hall–Kier alpha value is -3.35. The molecule has 4 aromatic rings. The molecule has 0 aliphatic rings.